The standard InChI is InChI=1S/C14H18FN3O/c1-3-17-13-11(7-5-8-12(13)15)14(19)18(4-2)10-6-9-16/h5,7-8,17H,3-4,6,10H2,1-2H3. The molecule has 0 heterocycles. The van der Waals surface area contributed by atoms with Crippen molar-refractivity contribution in [2.45, 2.75) is 20.3 Å². The second-order valence-corrected chi connectivity index (χ2v) is 3.99. The number of nitrogens with one attached hydrogen (secondary N) is 1. The van der Waals surface area contributed by atoms with Gasteiger partial charge in [-0.05, 0) is 26.0 Å². The SMILES string of the molecule is CCNc1c(F)cccc1C(=O)N(CC)CCC#N. The molecule has 0 aliphatic heterocycles. The molecule has 0 saturated carbocycles. The van der Waals surface area contributed by atoms with Crippen molar-refractivity contribution in [1.82, 2.24) is 4.90 Å². The number of nitriles is 1. The van der Waals surface area contributed by atoms with E-state index in [1.165, 1.54) is 12.1 Å². The molecule has 0 aromatic heterocycles. The fraction of sp³-hybridized carbons (Fsp3) is 0.429. The van der Waals surface area contributed by atoms with Crippen LogP contribution in [-0.4, -0.2) is 30.4 Å². The van der Waals surface area contributed by atoms with Crippen LogP contribution in [0.3, 0.4) is 0 Å². The van der Waals surface area contributed by atoms with Crippen LogP contribution in [0.5, 0.6) is 0 Å². The molecule has 5 heteroatoms. The molecule has 19 heavy (non-hydrogen) atoms. The highest BCUT2D eigenvalue weighted by Gasteiger charge is 2.19. The molecule has 0 radical (unpaired) electrons. The van der Waals surface area contributed by atoms with E-state index >= 15 is 0 Å². The van der Waals surface area contributed by atoms with Crippen molar-refractivity contribution in [3.8, 4) is 6.07 Å². The van der Waals surface area contributed by atoms with Crippen LogP contribution in [0.25, 0.3) is 0 Å². The highest BCUT2D eigenvalue weighted by Crippen LogP contribution is 2.21. The third kappa shape index (κ3) is 3.68. The lowest BCUT2D eigenvalue weighted by molar-refractivity contribution is 0.0768. The Kier molecular flexibility index (Phi) is 5.80. The average Bonchev–Trinajstić information content (AvgIpc) is 2.42. The summed E-state index contributed by atoms with van der Waals surface area (Å²) in [6, 6.07) is 6.44. The van der Waals surface area contributed by atoms with Crippen molar-refractivity contribution < 1.29 is 9.18 Å². The van der Waals surface area contributed by atoms with Crippen molar-refractivity contribution in [1.29, 1.82) is 5.26 Å². The lowest BCUT2D eigenvalue weighted by Crippen LogP contribution is -2.32. The van der Waals surface area contributed by atoms with E-state index < -0.39 is 5.82 Å². The zero-order valence-electron chi connectivity index (χ0n) is 11.2. The van der Waals surface area contributed by atoms with Crippen LogP contribution in [-0.2, 0) is 0 Å². The molecule has 4 nitrogen and oxygen atoms in total. The molecule has 0 aliphatic rings. The quantitative estimate of drug-likeness (QED) is 0.858. The largest absolute Gasteiger partial charge is 0.382 e. The van der Waals surface area contributed by atoms with Crippen LogP contribution in [0.1, 0.15) is 30.6 Å². The van der Waals surface area contributed by atoms with Gasteiger partial charge in [-0.25, -0.2) is 4.39 Å². The number of rotatable bonds is 6. The van der Waals surface area contributed by atoms with Gasteiger partial charge < -0.3 is 10.2 Å². The van der Waals surface area contributed by atoms with Gasteiger partial charge in [0.1, 0.15) is 5.82 Å². The maximum absolute atomic E-state index is 13.7. The van der Waals surface area contributed by atoms with E-state index in [0.717, 1.165) is 0 Å². The van der Waals surface area contributed by atoms with Gasteiger partial charge in [0.25, 0.3) is 5.91 Å². The van der Waals surface area contributed by atoms with E-state index in [-0.39, 0.29) is 18.0 Å². The van der Waals surface area contributed by atoms with E-state index in [1.807, 2.05) is 19.9 Å². The van der Waals surface area contributed by atoms with E-state index in [1.54, 1.807) is 11.0 Å². The Labute approximate surface area is 112 Å². The van der Waals surface area contributed by atoms with E-state index in [0.29, 0.717) is 25.2 Å². The van der Waals surface area contributed by atoms with Crippen molar-refractivity contribution >= 4 is 11.6 Å². The summed E-state index contributed by atoms with van der Waals surface area (Å²) < 4.78 is 13.7. The normalized spacial score (nSPS) is 9.79. The van der Waals surface area contributed by atoms with Gasteiger partial charge in [-0.1, -0.05) is 6.07 Å². The van der Waals surface area contributed by atoms with E-state index in [9.17, 15) is 9.18 Å². The van der Waals surface area contributed by atoms with Crippen molar-refractivity contribution in [2.24, 2.45) is 0 Å². The van der Waals surface area contributed by atoms with E-state index in [4.69, 9.17) is 5.26 Å². The zero-order valence-corrected chi connectivity index (χ0v) is 11.2. The Morgan fingerprint density at radius 2 is 2.21 bits per heavy atom. The first-order chi connectivity index (χ1) is 9.15. The lowest BCUT2D eigenvalue weighted by atomic mass is 10.1. The molecule has 0 bridgehead atoms. The van der Waals surface area contributed by atoms with Gasteiger partial charge in [0.15, 0.2) is 0 Å². The fourth-order valence-corrected chi connectivity index (χ4v) is 1.82. The summed E-state index contributed by atoms with van der Waals surface area (Å²) in [6.07, 6.45) is 0.269. The summed E-state index contributed by atoms with van der Waals surface area (Å²) in [5.41, 5.74) is 0.534. The molecule has 1 aromatic rings. The minimum atomic E-state index is -0.441. The van der Waals surface area contributed by atoms with Crippen LogP contribution < -0.4 is 5.32 Å². The first-order valence-electron chi connectivity index (χ1n) is 6.34. The first-order valence-corrected chi connectivity index (χ1v) is 6.34. The smallest absolute Gasteiger partial charge is 0.256 e. The molecule has 0 spiro atoms. The number of carbonyl (C=O) groups excluding carboxylic acids is 1. The maximum Gasteiger partial charge on any atom is 0.256 e. The van der Waals surface area contributed by atoms with Crippen LogP contribution >= 0.6 is 0 Å². The number of hydrogen-bond acceptors (Lipinski definition) is 3. The number of amides is 1. The minimum absolute atomic E-state index is 0.227. The number of halogens is 1. The predicted octanol–water partition coefficient (Wildman–Crippen LogP) is 2.63. The van der Waals surface area contributed by atoms with Crippen molar-refractivity contribution in [3.63, 3.8) is 0 Å². The highest BCUT2D eigenvalue weighted by atomic mass is 19.1. The average molecular weight is 263 g/mol. The van der Waals surface area contributed by atoms with Gasteiger partial charge >= 0.3 is 0 Å². The molecular weight excluding hydrogens is 245 g/mol. The molecule has 102 valence electrons. The van der Waals surface area contributed by atoms with Crippen molar-refractivity contribution in [2.75, 3.05) is 25.0 Å². The van der Waals surface area contributed by atoms with E-state index in [2.05, 4.69) is 5.32 Å². The summed E-state index contributed by atoms with van der Waals surface area (Å²) in [5.74, 6) is -0.697. The molecule has 1 amide bonds. The summed E-state index contributed by atoms with van der Waals surface area (Å²) >= 11 is 0. The second-order valence-electron chi connectivity index (χ2n) is 3.99. The number of benzene rings is 1. The summed E-state index contributed by atoms with van der Waals surface area (Å²) in [7, 11) is 0. The molecule has 1 rings (SSSR count). The van der Waals surface area contributed by atoms with Gasteiger partial charge in [-0.2, -0.15) is 5.26 Å². The molecule has 0 unspecified atom stereocenters. The van der Waals surface area contributed by atoms with Crippen LogP contribution in [0.4, 0.5) is 10.1 Å². The van der Waals surface area contributed by atoms with Crippen molar-refractivity contribution in [3.05, 3.63) is 29.6 Å². The zero-order chi connectivity index (χ0) is 14.3. The fourth-order valence-electron chi connectivity index (χ4n) is 1.82. The number of anilines is 1. The lowest BCUT2D eigenvalue weighted by Gasteiger charge is -2.21. The Morgan fingerprint density at radius 3 is 2.79 bits per heavy atom. The second kappa shape index (κ2) is 7.37. The Balaban J connectivity index is 3.04. The molecule has 1 aromatic carbocycles. The number of hydrogen-bond donors (Lipinski definition) is 1. The first kappa shape index (κ1) is 15.0. The summed E-state index contributed by atoms with van der Waals surface area (Å²) in [6.45, 7) is 5.05. The topological polar surface area (TPSA) is 56.1 Å². The summed E-state index contributed by atoms with van der Waals surface area (Å²) in [4.78, 5) is 13.9. The third-order valence-electron chi connectivity index (χ3n) is 2.76. The highest BCUT2D eigenvalue weighted by molar-refractivity contribution is 5.99. The molecule has 0 aliphatic carbocycles. The Bertz CT molecular complexity index is 482. The predicted molar refractivity (Wildman–Crippen MR) is 72.4 cm³/mol. The van der Waals surface area contributed by atoms with Gasteiger partial charge in [0, 0.05) is 19.6 Å². The third-order valence-corrected chi connectivity index (χ3v) is 2.76. The summed E-state index contributed by atoms with van der Waals surface area (Å²) in [5, 5.41) is 11.5. The Hall–Kier alpha value is -2.09. The number of para-hydroxylation sites is 1. The van der Waals surface area contributed by atoms with Gasteiger partial charge in [-0.15, -0.1) is 0 Å². The molecule has 0 fully saturated rings. The van der Waals surface area contributed by atoms with Gasteiger partial charge in [0.2, 0.25) is 0 Å². The molecule has 1 N–H and O–H groups in total. The van der Waals surface area contributed by atoms with Gasteiger partial charge in [-0.3, -0.25) is 4.79 Å². The van der Waals surface area contributed by atoms with Crippen LogP contribution in [0, 0.1) is 17.1 Å². The molecular formula is C14H18FN3O. The Morgan fingerprint density at radius 1 is 1.47 bits per heavy atom. The van der Waals surface area contributed by atoms with Gasteiger partial charge in [0.05, 0.1) is 23.7 Å². The minimum Gasteiger partial charge on any atom is -0.382 e. The number of carbonyl (C=O) groups is 1. The van der Waals surface area contributed by atoms with Crippen LogP contribution in [0.15, 0.2) is 18.2 Å². The van der Waals surface area contributed by atoms with Crippen LogP contribution in [0.2, 0.25) is 0 Å². The molecule has 0 atom stereocenters. The monoisotopic (exact) mass is 263 g/mol. The maximum atomic E-state index is 13.7. The number of nitrogens with zero attached hydrogens (tertiary/aromatic N) is 2. The molecule has 0 saturated heterocycles.